The maximum Gasteiger partial charge on any atom is 0.259 e. The van der Waals surface area contributed by atoms with Crippen LogP contribution in [0.2, 0.25) is 0 Å². The number of rotatable bonds is 4. The summed E-state index contributed by atoms with van der Waals surface area (Å²) in [5, 5.41) is 2.62. The predicted octanol–water partition coefficient (Wildman–Crippen LogP) is 3.77. The predicted molar refractivity (Wildman–Crippen MR) is 112 cm³/mol. The molecule has 8 heteroatoms. The van der Waals surface area contributed by atoms with Crippen LogP contribution in [0.1, 0.15) is 17.3 Å². The minimum Gasteiger partial charge on any atom is -0.311 e. The Hall–Kier alpha value is -4.07. The number of nitrogens with one attached hydrogen (secondary N) is 1. The van der Waals surface area contributed by atoms with Crippen LogP contribution in [0.5, 0.6) is 0 Å². The Morgan fingerprint density at radius 2 is 1.77 bits per heavy atom. The van der Waals surface area contributed by atoms with Crippen molar-refractivity contribution in [2.24, 2.45) is 0 Å². The fourth-order valence-corrected chi connectivity index (χ4v) is 3.10. The van der Waals surface area contributed by atoms with Crippen LogP contribution < -0.4 is 10.2 Å². The second-order valence-corrected chi connectivity index (χ2v) is 6.74. The maximum atomic E-state index is 13.2. The Morgan fingerprint density at radius 1 is 1.00 bits per heavy atom. The zero-order valence-electron chi connectivity index (χ0n) is 16.3. The molecule has 0 bridgehead atoms. The van der Waals surface area contributed by atoms with E-state index in [2.05, 4.69) is 15.3 Å². The fraction of sp³-hybridized carbons (Fsp3) is 0.0909. The van der Waals surface area contributed by atoms with Crippen molar-refractivity contribution in [3.05, 3.63) is 78.5 Å². The number of benzene rings is 1. The summed E-state index contributed by atoms with van der Waals surface area (Å²) in [6.07, 6.45) is 5.04. The van der Waals surface area contributed by atoms with Gasteiger partial charge in [-0.1, -0.05) is 0 Å². The van der Waals surface area contributed by atoms with Crippen LogP contribution in [0.25, 0.3) is 16.9 Å². The SMILES string of the molecule is CC(=O)Nc1ccc(-c2cnc3ccc(C(=O)N(C)c4ccc(F)cc4)cn23)cn1. The number of carbonyl (C=O) groups excluding carboxylic acids is 2. The highest BCUT2D eigenvalue weighted by Gasteiger charge is 2.16. The number of imidazole rings is 1. The van der Waals surface area contributed by atoms with Crippen LogP contribution in [0.15, 0.2) is 67.1 Å². The summed E-state index contributed by atoms with van der Waals surface area (Å²) in [4.78, 5) is 34.2. The molecule has 0 saturated carbocycles. The molecule has 0 aliphatic rings. The van der Waals surface area contributed by atoms with E-state index in [1.165, 1.54) is 24.0 Å². The van der Waals surface area contributed by atoms with Gasteiger partial charge in [-0.15, -0.1) is 0 Å². The highest BCUT2D eigenvalue weighted by atomic mass is 19.1. The number of nitrogens with zero attached hydrogens (tertiary/aromatic N) is 4. The molecule has 4 rings (SSSR count). The molecular formula is C22H18FN5O2. The molecule has 2 amide bonds. The number of hydrogen-bond acceptors (Lipinski definition) is 4. The average Bonchev–Trinajstić information content (AvgIpc) is 3.16. The third-order valence-corrected chi connectivity index (χ3v) is 4.63. The zero-order chi connectivity index (χ0) is 21.3. The molecule has 3 heterocycles. The summed E-state index contributed by atoms with van der Waals surface area (Å²) in [5.41, 5.74) is 3.26. The molecular weight excluding hydrogens is 385 g/mol. The van der Waals surface area contributed by atoms with Gasteiger partial charge in [0.25, 0.3) is 5.91 Å². The normalized spacial score (nSPS) is 10.8. The van der Waals surface area contributed by atoms with Gasteiger partial charge in [0.2, 0.25) is 5.91 Å². The molecule has 30 heavy (non-hydrogen) atoms. The monoisotopic (exact) mass is 403 g/mol. The molecule has 0 aliphatic heterocycles. The van der Waals surface area contributed by atoms with E-state index < -0.39 is 0 Å². The van der Waals surface area contributed by atoms with E-state index in [9.17, 15) is 14.0 Å². The highest BCUT2D eigenvalue weighted by Crippen LogP contribution is 2.23. The van der Waals surface area contributed by atoms with E-state index in [1.54, 1.807) is 60.4 Å². The minimum atomic E-state index is -0.359. The van der Waals surface area contributed by atoms with Crippen molar-refractivity contribution in [2.75, 3.05) is 17.3 Å². The van der Waals surface area contributed by atoms with Crippen LogP contribution in [-0.2, 0) is 4.79 Å². The Morgan fingerprint density at radius 3 is 2.43 bits per heavy atom. The number of fused-ring (bicyclic) bond motifs is 1. The van der Waals surface area contributed by atoms with E-state index in [0.717, 1.165) is 11.3 Å². The van der Waals surface area contributed by atoms with Crippen molar-refractivity contribution in [3.8, 4) is 11.3 Å². The molecule has 150 valence electrons. The van der Waals surface area contributed by atoms with Gasteiger partial charge in [-0.3, -0.25) is 14.0 Å². The molecule has 0 saturated heterocycles. The van der Waals surface area contributed by atoms with E-state index in [4.69, 9.17) is 0 Å². The van der Waals surface area contributed by atoms with Crippen molar-refractivity contribution in [2.45, 2.75) is 6.92 Å². The lowest BCUT2D eigenvalue weighted by molar-refractivity contribution is -0.114. The lowest BCUT2D eigenvalue weighted by Gasteiger charge is -2.17. The standard InChI is InChI=1S/C22H18FN5O2/c1-14(29)26-20-9-3-15(11-24-20)19-12-25-21-10-4-16(13-28(19)21)22(30)27(2)18-7-5-17(23)6-8-18/h3-13H,1-2H3,(H,24,26,29). The average molecular weight is 403 g/mol. The molecule has 7 nitrogen and oxygen atoms in total. The molecule has 0 aliphatic carbocycles. The van der Waals surface area contributed by atoms with Gasteiger partial charge >= 0.3 is 0 Å². The van der Waals surface area contributed by atoms with Gasteiger partial charge < -0.3 is 10.2 Å². The van der Waals surface area contributed by atoms with Crippen LogP contribution in [0, 0.1) is 5.82 Å². The highest BCUT2D eigenvalue weighted by molar-refractivity contribution is 6.05. The largest absolute Gasteiger partial charge is 0.311 e. The quantitative estimate of drug-likeness (QED) is 0.563. The zero-order valence-corrected chi connectivity index (χ0v) is 16.3. The van der Waals surface area contributed by atoms with E-state index >= 15 is 0 Å². The number of amides is 2. The van der Waals surface area contributed by atoms with Crippen LogP contribution in [-0.4, -0.2) is 33.2 Å². The summed E-state index contributed by atoms with van der Waals surface area (Å²) in [5.74, 6) is -0.333. The summed E-state index contributed by atoms with van der Waals surface area (Å²) in [7, 11) is 1.64. The first-order chi connectivity index (χ1) is 14.4. The number of pyridine rings is 2. The second kappa shape index (κ2) is 7.75. The van der Waals surface area contributed by atoms with Crippen molar-refractivity contribution in [1.29, 1.82) is 0 Å². The van der Waals surface area contributed by atoms with Gasteiger partial charge in [-0.25, -0.2) is 14.4 Å². The fourth-order valence-electron chi connectivity index (χ4n) is 3.10. The summed E-state index contributed by atoms with van der Waals surface area (Å²) >= 11 is 0. The third-order valence-electron chi connectivity index (χ3n) is 4.63. The number of hydrogen-bond donors (Lipinski definition) is 1. The molecule has 4 aromatic rings. The maximum absolute atomic E-state index is 13.2. The Bertz CT molecular complexity index is 1230. The Labute approximate surface area is 171 Å². The van der Waals surface area contributed by atoms with Crippen LogP contribution >= 0.6 is 0 Å². The minimum absolute atomic E-state index is 0.196. The van der Waals surface area contributed by atoms with Gasteiger partial charge in [-0.2, -0.15) is 0 Å². The van der Waals surface area contributed by atoms with Gasteiger partial charge in [0.05, 0.1) is 17.5 Å². The molecule has 0 unspecified atom stereocenters. The number of halogens is 1. The Balaban J connectivity index is 1.66. The molecule has 0 fully saturated rings. The van der Waals surface area contributed by atoms with E-state index in [1.807, 2.05) is 6.07 Å². The van der Waals surface area contributed by atoms with Crippen molar-refractivity contribution < 1.29 is 14.0 Å². The first-order valence-electron chi connectivity index (χ1n) is 9.17. The number of aromatic nitrogens is 3. The van der Waals surface area contributed by atoms with Crippen LogP contribution in [0.4, 0.5) is 15.9 Å². The second-order valence-electron chi connectivity index (χ2n) is 6.74. The van der Waals surface area contributed by atoms with E-state index in [0.29, 0.717) is 22.7 Å². The lowest BCUT2D eigenvalue weighted by atomic mass is 10.2. The molecule has 1 N–H and O–H groups in total. The van der Waals surface area contributed by atoms with Crippen LogP contribution in [0.3, 0.4) is 0 Å². The molecule has 3 aromatic heterocycles. The first-order valence-corrected chi connectivity index (χ1v) is 9.17. The summed E-state index contributed by atoms with van der Waals surface area (Å²) in [6.45, 7) is 1.42. The Kier molecular flexibility index (Phi) is 4.97. The van der Waals surface area contributed by atoms with Crippen molar-refractivity contribution in [1.82, 2.24) is 14.4 Å². The molecule has 1 aromatic carbocycles. The summed E-state index contributed by atoms with van der Waals surface area (Å²) in [6, 6.07) is 12.7. The van der Waals surface area contributed by atoms with Gasteiger partial charge in [0.15, 0.2) is 0 Å². The van der Waals surface area contributed by atoms with Crippen molar-refractivity contribution >= 4 is 29.0 Å². The van der Waals surface area contributed by atoms with Gasteiger partial charge in [-0.05, 0) is 48.5 Å². The lowest BCUT2D eigenvalue weighted by Crippen LogP contribution is -2.26. The topological polar surface area (TPSA) is 79.6 Å². The molecule has 0 radical (unpaired) electrons. The summed E-state index contributed by atoms with van der Waals surface area (Å²) < 4.78 is 15.0. The van der Waals surface area contributed by atoms with Gasteiger partial charge in [0.1, 0.15) is 17.3 Å². The first kappa shape index (κ1) is 19.3. The number of anilines is 2. The third kappa shape index (κ3) is 3.75. The molecule has 0 spiro atoms. The van der Waals surface area contributed by atoms with E-state index in [-0.39, 0.29) is 17.6 Å². The smallest absolute Gasteiger partial charge is 0.259 e. The van der Waals surface area contributed by atoms with Gasteiger partial charge in [0, 0.05) is 37.6 Å². The van der Waals surface area contributed by atoms with Crippen molar-refractivity contribution in [3.63, 3.8) is 0 Å². The number of carbonyl (C=O) groups is 2. The molecule has 0 atom stereocenters.